The molecule has 1 saturated heterocycles. The van der Waals surface area contributed by atoms with E-state index in [1.807, 2.05) is 20.8 Å². The van der Waals surface area contributed by atoms with Crippen LogP contribution in [0.25, 0.3) is 11.0 Å². The van der Waals surface area contributed by atoms with E-state index in [-0.39, 0.29) is 18.0 Å². The molecule has 7 nitrogen and oxygen atoms in total. The van der Waals surface area contributed by atoms with Crippen LogP contribution in [0.2, 0.25) is 0 Å². The molecule has 24 heavy (non-hydrogen) atoms. The summed E-state index contributed by atoms with van der Waals surface area (Å²) < 4.78 is 10.1. The number of nitrogens with one attached hydrogen (secondary N) is 1. The summed E-state index contributed by atoms with van der Waals surface area (Å²) in [7, 11) is 1.35. The Balaban J connectivity index is 1.69. The fourth-order valence-corrected chi connectivity index (χ4v) is 2.59. The second kappa shape index (κ2) is 5.81. The van der Waals surface area contributed by atoms with Crippen molar-refractivity contribution in [1.29, 1.82) is 0 Å². The van der Waals surface area contributed by atoms with E-state index in [9.17, 15) is 9.59 Å². The first kappa shape index (κ1) is 16.3. The van der Waals surface area contributed by atoms with Crippen molar-refractivity contribution in [2.75, 3.05) is 20.2 Å². The van der Waals surface area contributed by atoms with Crippen molar-refractivity contribution in [1.82, 2.24) is 14.9 Å². The molecule has 0 saturated carbocycles. The molecule has 1 N–H and O–H groups in total. The molecule has 0 bridgehead atoms. The van der Waals surface area contributed by atoms with Gasteiger partial charge in [-0.1, -0.05) is 0 Å². The van der Waals surface area contributed by atoms with Gasteiger partial charge in [0, 0.05) is 13.1 Å². The van der Waals surface area contributed by atoms with Crippen molar-refractivity contribution in [3.05, 3.63) is 29.6 Å². The Hall–Kier alpha value is -2.57. The van der Waals surface area contributed by atoms with Gasteiger partial charge in [-0.05, 0) is 39.0 Å². The zero-order chi connectivity index (χ0) is 17.5. The van der Waals surface area contributed by atoms with Gasteiger partial charge in [0.2, 0.25) is 0 Å². The van der Waals surface area contributed by atoms with Crippen LogP contribution in [0.5, 0.6) is 0 Å². The number of aromatic amines is 1. The van der Waals surface area contributed by atoms with Crippen LogP contribution in [0.15, 0.2) is 18.2 Å². The molecule has 0 radical (unpaired) electrons. The number of likely N-dealkylation sites (tertiary alicyclic amines) is 1. The molecule has 0 unspecified atom stereocenters. The van der Waals surface area contributed by atoms with Gasteiger partial charge in [0.1, 0.15) is 11.4 Å². The van der Waals surface area contributed by atoms with E-state index < -0.39 is 5.60 Å². The molecule has 128 valence electrons. The summed E-state index contributed by atoms with van der Waals surface area (Å²) in [5, 5.41) is 0. The van der Waals surface area contributed by atoms with E-state index in [0.29, 0.717) is 18.7 Å². The largest absolute Gasteiger partial charge is 0.465 e. The lowest BCUT2D eigenvalue weighted by molar-refractivity contribution is 0.00760. The maximum absolute atomic E-state index is 12.0. The van der Waals surface area contributed by atoms with Crippen LogP contribution in [-0.2, 0) is 9.47 Å². The molecule has 1 aliphatic rings. The number of nitrogens with zero attached hydrogens (tertiary/aromatic N) is 2. The van der Waals surface area contributed by atoms with Gasteiger partial charge in [0.15, 0.2) is 0 Å². The van der Waals surface area contributed by atoms with Crippen LogP contribution in [0.3, 0.4) is 0 Å². The third-order valence-electron chi connectivity index (χ3n) is 3.84. The zero-order valence-corrected chi connectivity index (χ0v) is 14.3. The Labute approximate surface area is 139 Å². The predicted molar refractivity (Wildman–Crippen MR) is 88.0 cm³/mol. The lowest BCUT2D eigenvalue weighted by atomic mass is 10.0. The SMILES string of the molecule is COC(=O)c1ccc2nc(C3CN(C(=O)OC(C)(C)C)C3)[nH]c2c1. The highest BCUT2D eigenvalue weighted by molar-refractivity contribution is 5.93. The minimum absolute atomic E-state index is 0.145. The van der Waals surface area contributed by atoms with Gasteiger partial charge in [-0.2, -0.15) is 0 Å². The highest BCUT2D eigenvalue weighted by Crippen LogP contribution is 2.28. The summed E-state index contributed by atoms with van der Waals surface area (Å²) in [6, 6.07) is 5.19. The highest BCUT2D eigenvalue weighted by Gasteiger charge is 2.36. The zero-order valence-electron chi connectivity index (χ0n) is 14.3. The molecular weight excluding hydrogens is 310 g/mol. The quantitative estimate of drug-likeness (QED) is 0.855. The Bertz CT molecular complexity index is 785. The smallest absolute Gasteiger partial charge is 0.410 e. The number of esters is 1. The Morgan fingerprint density at radius 3 is 2.62 bits per heavy atom. The Morgan fingerprint density at radius 1 is 1.29 bits per heavy atom. The summed E-state index contributed by atoms with van der Waals surface area (Å²) in [6.07, 6.45) is -0.303. The van der Waals surface area contributed by atoms with Crippen molar-refractivity contribution in [2.45, 2.75) is 32.3 Å². The van der Waals surface area contributed by atoms with Crippen molar-refractivity contribution in [3.8, 4) is 0 Å². The molecule has 3 rings (SSSR count). The number of rotatable bonds is 2. The molecule has 7 heteroatoms. The number of methoxy groups -OCH3 is 1. The van der Waals surface area contributed by atoms with Crippen LogP contribution in [0.1, 0.15) is 42.9 Å². The second-order valence-corrected chi connectivity index (χ2v) is 6.93. The van der Waals surface area contributed by atoms with Crippen molar-refractivity contribution >= 4 is 23.1 Å². The Morgan fingerprint density at radius 2 is 2.00 bits per heavy atom. The summed E-state index contributed by atoms with van der Waals surface area (Å²) in [6.45, 7) is 6.68. The van der Waals surface area contributed by atoms with Gasteiger partial charge in [-0.25, -0.2) is 14.6 Å². The van der Waals surface area contributed by atoms with Crippen LogP contribution in [0.4, 0.5) is 4.79 Å². The number of aromatic nitrogens is 2. The number of benzene rings is 1. The number of amides is 1. The molecule has 0 spiro atoms. The van der Waals surface area contributed by atoms with Crippen molar-refractivity contribution in [2.24, 2.45) is 0 Å². The number of carbonyl (C=O) groups excluding carboxylic acids is 2. The van der Waals surface area contributed by atoms with Gasteiger partial charge in [0.25, 0.3) is 0 Å². The monoisotopic (exact) mass is 331 g/mol. The maximum Gasteiger partial charge on any atom is 0.410 e. The first-order valence-electron chi connectivity index (χ1n) is 7.83. The van der Waals surface area contributed by atoms with E-state index in [1.165, 1.54) is 7.11 Å². The van der Waals surface area contributed by atoms with E-state index in [4.69, 9.17) is 9.47 Å². The third-order valence-corrected chi connectivity index (χ3v) is 3.84. The minimum atomic E-state index is -0.494. The number of ether oxygens (including phenoxy) is 2. The standard InChI is InChI=1S/C17H21N3O4/c1-17(2,3)24-16(22)20-8-11(9-20)14-18-12-6-5-10(15(21)23-4)7-13(12)19-14/h5-7,11H,8-9H2,1-4H3,(H,18,19). The fraction of sp³-hybridized carbons (Fsp3) is 0.471. The molecular formula is C17H21N3O4. The van der Waals surface area contributed by atoms with E-state index in [0.717, 1.165) is 16.9 Å². The lowest BCUT2D eigenvalue weighted by Gasteiger charge is -2.38. The minimum Gasteiger partial charge on any atom is -0.465 e. The molecule has 2 heterocycles. The molecule has 1 aliphatic heterocycles. The van der Waals surface area contributed by atoms with Gasteiger partial charge in [0.05, 0.1) is 29.6 Å². The molecule has 1 fully saturated rings. The van der Waals surface area contributed by atoms with Gasteiger partial charge in [-0.15, -0.1) is 0 Å². The predicted octanol–water partition coefficient (Wildman–Crippen LogP) is 2.68. The van der Waals surface area contributed by atoms with Gasteiger partial charge >= 0.3 is 12.1 Å². The topological polar surface area (TPSA) is 84.5 Å². The number of H-pyrrole nitrogens is 1. The second-order valence-electron chi connectivity index (χ2n) is 6.93. The number of carbonyl (C=O) groups is 2. The van der Waals surface area contributed by atoms with Crippen molar-refractivity contribution < 1.29 is 19.1 Å². The third kappa shape index (κ3) is 3.20. The Kier molecular flexibility index (Phi) is 3.95. The lowest BCUT2D eigenvalue weighted by Crippen LogP contribution is -2.50. The molecule has 1 amide bonds. The average Bonchev–Trinajstić information content (AvgIpc) is 2.85. The number of fused-ring (bicyclic) bond motifs is 1. The first-order valence-corrected chi connectivity index (χ1v) is 7.83. The van der Waals surface area contributed by atoms with Crippen LogP contribution in [0, 0.1) is 0 Å². The number of imidazole rings is 1. The summed E-state index contributed by atoms with van der Waals surface area (Å²) in [4.78, 5) is 33.0. The first-order chi connectivity index (χ1) is 11.3. The molecule has 2 aromatic rings. The maximum atomic E-state index is 12.0. The fourth-order valence-electron chi connectivity index (χ4n) is 2.59. The number of hydrogen-bond donors (Lipinski definition) is 1. The van der Waals surface area contributed by atoms with E-state index in [1.54, 1.807) is 23.1 Å². The number of hydrogen-bond acceptors (Lipinski definition) is 5. The van der Waals surface area contributed by atoms with E-state index >= 15 is 0 Å². The molecule has 1 aromatic heterocycles. The molecule has 1 aromatic carbocycles. The van der Waals surface area contributed by atoms with Crippen LogP contribution < -0.4 is 0 Å². The summed E-state index contributed by atoms with van der Waals surface area (Å²) in [5.41, 5.74) is 1.55. The summed E-state index contributed by atoms with van der Waals surface area (Å²) >= 11 is 0. The van der Waals surface area contributed by atoms with Crippen LogP contribution >= 0.6 is 0 Å². The van der Waals surface area contributed by atoms with Gasteiger partial charge < -0.3 is 19.4 Å². The van der Waals surface area contributed by atoms with E-state index in [2.05, 4.69) is 9.97 Å². The average molecular weight is 331 g/mol. The summed E-state index contributed by atoms with van der Waals surface area (Å²) in [5.74, 6) is 0.575. The normalized spacial score (nSPS) is 15.2. The van der Waals surface area contributed by atoms with Crippen molar-refractivity contribution in [3.63, 3.8) is 0 Å². The van der Waals surface area contributed by atoms with Crippen LogP contribution in [-0.4, -0.2) is 52.7 Å². The molecule has 0 aliphatic carbocycles. The molecule has 0 atom stereocenters. The van der Waals surface area contributed by atoms with Gasteiger partial charge in [-0.3, -0.25) is 0 Å². The highest BCUT2D eigenvalue weighted by atomic mass is 16.6.